The van der Waals surface area contributed by atoms with Crippen molar-refractivity contribution < 1.29 is 37.5 Å². The first-order chi connectivity index (χ1) is 7.27. The van der Waals surface area contributed by atoms with Crippen LogP contribution in [0, 0.1) is 0 Å². The Balaban J connectivity index is 0.00000128. The number of nitrogen functional groups attached to an aromatic ring is 1. The largest absolute Gasteiger partial charge is 0.540 e. The first kappa shape index (κ1) is 13.3. The zero-order valence-corrected chi connectivity index (χ0v) is 11.8. The van der Waals surface area contributed by atoms with Crippen molar-refractivity contribution in [3.05, 3.63) is 18.1 Å². The number of fused-ring (bicyclic) bond motifs is 1. The van der Waals surface area contributed by atoms with E-state index in [-0.39, 0.29) is 39.3 Å². The minimum atomic E-state index is 0. The fourth-order valence-corrected chi connectivity index (χ4v) is 1.69. The van der Waals surface area contributed by atoms with Crippen LogP contribution in [-0.4, -0.2) is 20.8 Å². The zero-order valence-electron chi connectivity index (χ0n) is 8.97. The summed E-state index contributed by atoms with van der Waals surface area (Å²) in [6.45, 7) is 2.20. The number of rotatable bonds is 3. The fourth-order valence-electron chi connectivity index (χ4n) is 1.69. The maximum absolute atomic E-state index is 10.4. The van der Waals surface area contributed by atoms with E-state index < -0.39 is 0 Å². The summed E-state index contributed by atoms with van der Waals surface area (Å²) in [6.07, 6.45) is 5.95. The van der Waals surface area contributed by atoms with Gasteiger partial charge >= 0.3 is 0 Å². The summed E-state index contributed by atoms with van der Waals surface area (Å²) in [5.41, 5.74) is 7.53. The monoisotopic (exact) mass is 292 g/mol. The van der Waals surface area contributed by atoms with E-state index >= 15 is 0 Å². The SMILES string of the molecule is CCc1cn(C[C-]=O)c2ncnc(N)c12.[Y]. The topological polar surface area (TPSA) is 73.8 Å². The molecule has 2 aromatic rings. The van der Waals surface area contributed by atoms with E-state index in [2.05, 4.69) is 9.97 Å². The Morgan fingerprint density at radius 3 is 2.88 bits per heavy atom. The number of nitrogens with zero attached hydrogens (tertiary/aromatic N) is 3. The van der Waals surface area contributed by atoms with E-state index in [0.29, 0.717) is 11.5 Å². The molecule has 0 aliphatic heterocycles. The van der Waals surface area contributed by atoms with Crippen molar-refractivity contribution in [1.29, 1.82) is 0 Å². The average molecular weight is 292 g/mol. The number of aromatic nitrogens is 3. The quantitative estimate of drug-likeness (QED) is 0.844. The van der Waals surface area contributed by atoms with Gasteiger partial charge in [-0.05, 0) is 12.0 Å². The van der Waals surface area contributed by atoms with Gasteiger partial charge in [-0.25, -0.2) is 16.3 Å². The summed E-state index contributed by atoms with van der Waals surface area (Å²) < 4.78 is 1.74. The van der Waals surface area contributed by atoms with Crippen LogP contribution in [0.4, 0.5) is 5.82 Å². The molecule has 0 spiro atoms. The molecule has 0 saturated heterocycles. The smallest absolute Gasteiger partial charge is 0.143 e. The van der Waals surface area contributed by atoms with Crippen molar-refractivity contribution in [3.63, 3.8) is 0 Å². The van der Waals surface area contributed by atoms with Crippen LogP contribution in [0.15, 0.2) is 12.5 Å². The van der Waals surface area contributed by atoms with Crippen LogP contribution in [0.1, 0.15) is 12.5 Å². The average Bonchev–Trinajstić information content (AvgIpc) is 2.59. The van der Waals surface area contributed by atoms with Gasteiger partial charge in [0, 0.05) is 38.9 Å². The minimum Gasteiger partial charge on any atom is -0.540 e. The Morgan fingerprint density at radius 1 is 1.50 bits per heavy atom. The Kier molecular flexibility index (Phi) is 4.56. The first-order valence-corrected chi connectivity index (χ1v) is 4.71. The van der Waals surface area contributed by atoms with Gasteiger partial charge in [-0.15, -0.1) is 0 Å². The van der Waals surface area contributed by atoms with Crippen molar-refractivity contribution >= 4 is 23.1 Å². The van der Waals surface area contributed by atoms with Crippen molar-refractivity contribution in [2.75, 3.05) is 5.73 Å². The third-order valence-corrected chi connectivity index (χ3v) is 2.38. The summed E-state index contributed by atoms with van der Waals surface area (Å²) in [6, 6.07) is 0. The third kappa shape index (κ3) is 2.15. The fraction of sp³-hybridized carbons (Fsp3) is 0.300. The molecule has 2 heterocycles. The summed E-state index contributed by atoms with van der Waals surface area (Å²) >= 11 is 0. The number of hydrogen-bond acceptors (Lipinski definition) is 4. The van der Waals surface area contributed by atoms with Crippen LogP contribution >= 0.6 is 0 Å². The summed E-state index contributed by atoms with van der Waals surface area (Å²) in [7, 11) is 0. The van der Waals surface area contributed by atoms with Crippen LogP contribution < -0.4 is 5.73 Å². The molecule has 0 aromatic carbocycles. The zero-order chi connectivity index (χ0) is 10.8. The van der Waals surface area contributed by atoms with Crippen molar-refractivity contribution in [1.82, 2.24) is 14.5 Å². The Hall–Kier alpha value is -0.806. The standard InChI is InChI=1S/C10H11N4O.Y/c1-2-7-5-14(3-4-15)10-8(7)9(11)12-6-13-10;/h5-6H,2-3H2,1H3,(H2,11,12,13);/q-1;. The molecule has 6 heteroatoms. The number of anilines is 1. The molecule has 0 saturated carbocycles. The summed E-state index contributed by atoms with van der Waals surface area (Å²) in [5.74, 6) is 0.460. The minimum absolute atomic E-state index is 0. The van der Waals surface area contributed by atoms with Gasteiger partial charge in [0.05, 0.1) is 5.39 Å². The molecule has 0 fully saturated rings. The molecule has 16 heavy (non-hydrogen) atoms. The molecule has 0 aliphatic rings. The van der Waals surface area contributed by atoms with Gasteiger partial charge in [0.15, 0.2) is 0 Å². The summed E-state index contributed by atoms with van der Waals surface area (Å²) in [5, 5.41) is 0.843. The number of aryl methyl sites for hydroxylation is 1. The van der Waals surface area contributed by atoms with E-state index in [1.54, 1.807) is 4.57 Å². The first-order valence-electron chi connectivity index (χ1n) is 4.71. The molecule has 2 aromatic heterocycles. The predicted octanol–water partition coefficient (Wildman–Crippen LogP) is 0.683. The second-order valence-corrected chi connectivity index (χ2v) is 3.24. The molecule has 0 aliphatic carbocycles. The molecule has 2 rings (SSSR count). The van der Waals surface area contributed by atoms with E-state index in [4.69, 9.17) is 5.73 Å². The van der Waals surface area contributed by atoms with Crippen LogP contribution in [0.25, 0.3) is 11.0 Å². The second-order valence-electron chi connectivity index (χ2n) is 3.24. The normalized spacial score (nSPS) is 10.1. The van der Waals surface area contributed by atoms with Crippen LogP contribution in [0.5, 0.6) is 0 Å². The van der Waals surface area contributed by atoms with Gasteiger partial charge < -0.3 is 15.1 Å². The van der Waals surface area contributed by atoms with Crippen LogP contribution in [0.3, 0.4) is 0 Å². The molecule has 2 N–H and O–H groups in total. The third-order valence-electron chi connectivity index (χ3n) is 2.38. The van der Waals surface area contributed by atoms with Crippen molar-refractivity contribution in [2.24, 2.45) is 0 Å². The Labute approximate surface area is 118 Å². The Bertz CT molecular complexity index is 509. The molecule has 5 nitrogen and oxygen atoms in total. The molecule has 0 bridgehead atoms. The van der Waals surface area contributed by atoms with Gasteiger partial charge in [0.25, 0.3) is 0 Å². The molecule has 81 valence electrons. The van der Waals surface area contributed by atoms with E-state index in [0.717, 1.165) is 17.4 Å². The summed E-state index contributed by atoms with van der Waals surface area (Å²) in [4.78, 5) is 18.4. The van der Waals surface area contributed by atoms with E-state index in [9.17, 15) is 4.79 Å². The molecule has 0 unspecified atom stereocenters. The Morgan fingerprint density at radius 2 is 2.25 bits per heavy atom. The van der Waals surface area contributed by atoms with Gasteiger partial charge in [-0.3, -0.25) is 0 Å². The second kappa shape index (κ2) is 5.50. The molecule has 0 atom stereocenters. The number of nitrogens with two attached hydrogens (primary N) is 1. The van der Waals surface area contributed by atoms with Gasteiger partial charge in [-0.1, -0.05) is 13.5 Å². The van der Waals surface area contributed by atoms with Crippen LogP contribution in [-0.2, 0) is 50.5 Å². The van der Waals surface area contributed by atoms with Crippen molar-refractivity contribution in [3.8, 4) is 0 Å². The van der Waals surface area contributed by atoms with Crippen molar-refractivity contribution in [2.45, 2.75) is 19.9 Å². The number of carbonyl (C=O) groups excluding carboxylic acids is 1. The van der Waals surface area contributed by atoms with E-state index in [1.165, 1.54) is 6.33 Å². The molecule has 1 radical (unpaired) electrons. The maximum atomic E-state index is 10.4. The molecular formula is C10H11N4OY-. The maximum Gasteiger partial charge on any atom is 0.143 e. The molecular weight excluding hydrogens is 281 g/mol. The van der Waals surface area contributed by atoms with Gasteiger partial charge in [0.2, 0.25) is 0 Å². The number of hydrogen-bond donors (Lipinski definition) is 1. The van der Waals surface area contributed by atoms with E-state index in [1.807, 2.05) is 19.4 Å². The van der Waals surface area contributed by atoms with Gasteiger partial charge in [0.1, 0.15) is 17.8 Å². The molecule has 0 amide bonds. The predicted molar refractivity (Wildman–Crippen MR) is 57.0 cm³/mol. The van der Waals surface area contributed by atoms with Crippen LogP contribution in [0.2, 0.25) is 0 Å². The van der Waals surface area contributed by atoms with Gasteiger partial charge in [-0.2, -0.15) is 0 Å².